The number of hydrogen-bond donors (Lipinski definition) is 2. The fraction of sp³-hybridized carbons (Fsp3) is 0.846. The van der Waals surface area contributed by atoms with E-state index in [-0.39, 0.29) is 25.8 Å². The number of quaternary nitrogens is 1. The lowest BCUT2D eigenvalue weighted by molar-refractivity contribution is -0.870. The molecule has 0 spiro atoms. The second-order valence-electron chi connectivity index (χ2n) is 9.85. The molecule has 0 aromatic carbocycles. The summed E-state index contributed by atoms with van der Waals surface area (Å²) in [5, 5.41) is 19.1. The summed E-state index contributed by atoms with van der Waals surface area (Å²) in [6.07, 6.45) is 15.1. The number of allylic oxidation sites excluding steroid dienone is 2. The number of rotatable bonds is 23. The van der Waals surface area contributed by atoms with Crippen LogP contribution in [0.5, 0.6) is 0 Å². The van der Waals surface area contributed by atoms with E-state index >= 15 is 0 Å². The van der Waals surface area contributed by atoms with Crippen LogP contribution in [-0.2, 0) is 23.8 Å². The van der Waals surface area contributed by atoms with E-state index in [9.17, 15) is 14.7 Å². The van der Waals surface area contributed by atoms with Gasteiger partial charge in [0.05, 0.1) is 34.4 Å². The van der Waals surface area contributed by atoms with Crippen LogP contribution in [0.2, 0.25) is 0 Å². The summed E-state index contributed by atoms with van der Waals surface area (Å²) >= 11 is 0. The maximum atomic E-state index is 11.8. The lowest BCUT2D eigenvalue weighted by Gasteiger charge is -2.24. The Hall–Kier alpha value is -1.48. The summed E-state index contributed by atoms with van der Waals surface area (Å²) in [6, 6.07) is 0. The zero-order chi connectivity index (χ0) is 25.7. The lowest BCUT2D eigenvalue weighted by atomic mass is 10.1. The topological polar surface area (TPSA) is 102 Å². The van der Waals surface area contributed by atoms with Gasteiger partial charge in [0.25, 0.3) is 6.29 Å². The number of ether oxygens (including phenoxy) is 3. The number of esters is 1. The van der Waals surface area contributed by atoms with Crippen LogP contribution in [0.15, 0.2) is 12.2 Å². The minimum absolute atomic E-state index is 0.210. The number of likely N-dealkylation sites (N-methyl/N-ethyl adjacent to an activating group) is 1. The molecule has 0 amide bonds. The predicted molar refractivity (Wildman–Crippen MR) is 133 cm³/mol. The third kappa shape index (κ3) is 22.3. The van der Waals surface area contributed by atoms with Gasteiger partial charge in [0, 0.05) is 6.42 Å². The summed E-state index contributed by atoms with van der Waals surface area (Å²) in [5.41, 5.74) is 0. The molecule has 0 rings (SSSR count). The van der Waals surface area contributed by atoms with E-state index < -0.39 is 18.4 Å². The molecule has 200 valence electrons. The number of carbonyl (C=O) groups excluding carboxylic acids is 1. The van der Waals surface area contributed by atoms with Crippen LogP contribution in [0, 0.1) is 0 Å². The monoisotopic (exact) mass is 488 g/mol. The van der Waals surface area contributed by atoms with Crippen molar-refractivity contribution in [2.45, 2.75) is 96.4 Å². The maximum absolute atomic E-state index is 11.8. The predicted octanol–water partition coefficient (Wildman–Crippen LogP) is 4.30. The Bertz CT molecular complexity index is 546. The van der Waals surface area contributed by atoms with Crippen LogP contribution in [0.1, 0.15) is 84.0 Å². The molecule has 0 saturated carbocycles. The van der Waals surface area contributed by atoms with Crippen molar-refractivity contribution >= 4 is 11.9 Å². The molecule has 0 aliphatic carbocycles. The van der Waals surface area contributed by atoms with Crippen LogP contribution in [0.25, 0.3) is 0 Å². The normalized spacial score (nSPS) is 13.8. The van der Waals surface area contributed by atoms with Crippen LogP contribution in [0.3, 0.4) is 0 Å². The molecule has 8 nitrogen and oxygen atoms in total. The van der Waals surface area contributed by atoms with Crippen molar-refractivity contribution in [1.82, 2.24) is 0 Å². The first-order valence-corrected chi connectivity index (χ1v) is 12.9. The zero-order valence-electron chi connectivity index (χ0n) is 22.0. The van der Waals surface area contributed by atoms with Crippen molar-refractivity contribution < 1.29 is 38.5 Å². The van der Waals surface area contributed by atoms with Gasteiger partial charge in [-0.1, -0.05) is 57.6 Å². The standard InChI is InChI=1S/C26H49NO7/c1-5-6-7-8-9-10-11-12-13-14-15-16-17-18-24(29)33-21-23(28)22-34-26(25(30)31)32-20-19-27(2,3)4/h10-11,23,26,28H,5-9,12-22H2,1-4H3/p+1/b11-10-. The smallest absolute Gasteiger partial charge is 0.361 e. The average Bonchev–Trinajstić information content (AvgIpc) is 2.76. The Labute approximate surface area is 206 Å². The summed E-state index contributed by atoms with van der Waals surface area (Å²) in [6.45, 7) is 2.54. The Kier molecular flexibility index (Phi) is 19.9. The van der Waals surface area contributed by atoms with E-state index in [0.29, 0.717) is 17.4 Å². The van der Waals surface area contributed by atoms with E-state index in [2.05, 4.69) is 19.1 Å². The number of aliphatic hydroxyl groups is 1. The van der Waals surface area contributed by atoms with Gasteiger partial charge in [-0.2, -0.15) is 0 Å². The highest BCUT2D eigenvalue weighted by atomic mass is 16.7. The third-order valence-electron chi connectivity index (χ3n) is 5.25. The van der Waals surface area contributed by atoms with Gasteiger partial charge < -0.3 is 28.9 Å². The van der Waals surface area contributed by atoms with Crippen LogP contribution in [-0.4, -0.2) is 86.5 Å². The van der Waals surface area contributed by atoms with Gasteiger partial charge in [0.2, 0.25) is 0 Å². The van der Waals surface area contributed by atoms with Gasteiger partial charge in [0.1, 0.15) is 19.3 Å². The number of carboxylic acids is 1. The Morgan fingerprint density at radius 3 is 2.03 bits per heavy atom. The maximum Gasteiger partial charge on any atom is 0.361 e. The number of aliphatic carboxylic acids is 1. The fourth-order valence-corrected chi connectivity index (χ4v) is 3.12. The van der Waals surface area contributed by atoms with Crippen molar-refractivity contribution in [1.29, 1.82) is 0 Å². The molecule has 8 heteroatoms. The van der Waals surface area contributed by atoms with Crippen LogP contribution in [0.4, 0.5) is 0 Å². The molecule has 0 saturated heterocycles. The highest BCUT2D eigenvalue weighted by Gasteiger charge is 2.22. The molecule has 0 radical (unpaired) electrons. The van der Waals surface area contributed by atoms with Gasteiger partial charge in [-0.3, -0.25) is 4.79 Å². The number of aliphatic hydroxyl groups excluding tert-OH is 1. The number of unbranched alkanes of at least 4 members (excludes halogenated alkanes) is 9. The first kappa shape index (κ1) is 32.5. The highest BCUT2D eigenvalue weighted by molar-refractivity contribution is 5.70. The van der Waals surface area contributed by atoms with Crippen LogP contribution >= 0.6 is 0 Å². The molecule has 0 aromatic heterocycles. The van der Waals surface area contributed by atoms with E-state index in [1.165, 1.54) is 38.5 Å². The van der Waals surface area contributed by atoms with E-state index in [1.807, 2.05) is 21.1 Å². The van der Waals surface area contributed by atoms with E-state index in [4.69, 9.17) is 19.3 Å². The van der Waals surface area contributed by atoms with Crippen molar-refractivity contribution in [3.05, 3.63) is 12.2 Å². The minimum Gasteiger partial charge on any atom is -0.477 e. The zero-order valence-corrected chi connectivity index (χ0v) is 22.0. The Morgan fingerprint density at radius 1 is 0.853 bits per heavy atom. The van der Waals surface area contributed by atoms with Gasteiger partial charge in [-0.25, -0.2) is 4.79 Å². The molecule has 0 fully saturated rings. The number of hydrogen-bond acceptors (Lipinski definition) is 6. The minimum atomic E-state index is -1.46. The van der Waals surface area contributed by atoms with E-state index in [0.717, 1.165) is 32.1 Å². The molecular formula is C26H50NO7+. The summed E-state index contributed by atoms with van der Waals surface area (Å²) in [7, 11) is 5.90. The molecule has 2 N–H and O–H groups in total. The second kappa shape index (κ2) is 20.9. The third-order valence-corrected chi connectivity index (χ3v) is 5.25. The van der Waals surface area contributed by atoms with Gasteiger partial charge in [-0.15, -0.1) is 0 Å². The largest absolute Gasteiger partial charge is 0.477 e. The Balaban J connectivity index is 3.71. The first-order valence-electron chi connectivity index (χ1n) is 12.9. The summed E-state index contributed by atoms with van der Waals surface area (Å²) < 4.78 is 16.0. The summed E-state index contributed by atoms with van der Waals surface area (Å²) in [5.74, 6) is -1.62. The SMILES string of the molecule is CCCCCC/C=C\CCCCCCCC(=O)OCC(O)COC(OCC[N+](C)(C)C)C(=O)O. The van der Waals surface area contributed by atoms with Gasteiger partial charge in [0.15, 0.2) is 0 Å². The van der Waals surface area contributed by atoms with Crippen LogP contribution < -0.4 is 0 Å². The van der Waals surface area contributed by atoms with Crippen molar-refractivity contribution in [3.63, 3.8) is 0 Å². The van der Waals surface area contributed by atoms with Crippen molar-refractivity contribution in [3.8, 4) is 0 Å². The molecule has 0 bridgehead atoms. The molecule has 0 heterocycles. The first-order chi connectivity index (χ1) is 16.2. The van der Waals surface area contributed by atoms with Gasteiger partial charge >= 0.3 is 11.9 Å². The van der Waals surface area contributed by atoms with E-state index in [1.54, 1.807) is 0 Å². The second-order valence-corrected chi connectivity index (χ2v) is 9.85. The fourth-order valence-electron chi connectivity index (χ4n) is 3.12. The number of nitrogens with zero attached hydrogens (tertiary/aromatic N) is 1. The molecule has 0 aliphatic heterocycles. The Morgan fingerprint density at radius 2 is 1.44 bits per heavy atom. The molecule has 0 aliphatic rings. The van der Waals surface area contributed by atoms with Crippen molar-refractivity contribution in [2.75, 3.05) is 47.5 Å². The van der Waals surface area contributed by atoms with Gasteiger partial charge in [-0.05, 0) is 32.1 Å². The molecule has 34 heavy (non-hydrogen) atoms. The summed E-state index contributed by atoms with van der Waals surface area (Å²) in [4.78, 5) is 23.0. The lowest BCUT2D eigenvalue weighted by Crippen LogP contribution is -2.40. The van der Waals surface area contributed by atoms with Crippen molar-refractivity contribution in [2.24, 2.45) is 0 Å². The molecule has 0 aromatic rings. The number of carbonyl (C=O) groups is 2. The molecular weight excluding hydrogens is 438 g/mol. The quantitative estimate of drug-likeness (QED) is 0.0727. The molecule has 2 atom stereocenters. The number of carboxylic acid groups (broad SMARTS) is 1. The average molecular weight is 489 g/mol. The molecule has 2 unspecified atom stereocenters. The highest BCUT2D eigenvalue weighted by Crippen LogP contribution is 2.09.